The van der Waals surface area contributed by atoms with Crippen LogP contribution in [0.2, 0.25) is 0 Å². The summed E-state index contributed by atoms with van der Waals surface area (Å²) in [6.07, 6.45) is 0.948. The van der Waals surface area contributed by atoms with Gasteiger partial charge in [0.25, 0.3) is 0 Å². The lowest BCUT2D eigenvalue weighted by molar-refractivity contribution is -0.147. The van der Waals surface area contributed by atoms with Crippen molar-refractivity contribution in [2.45, 2.75) is 25.2 Å². The van der Waals surface area contributed by atoms with E-state index in [1.54, 1.807) is 19.1 Å². The molecule has 0 aliphatic heterocycles. The number of carbonyl (C=O) groups is 1. The van der Waals surface area contributed by atoms with E-state index in [1.165, 1.54) is 24.5 Å². The highest BCUT2D eigenvalue weighted by atomic mass is 79.9. The molecule has 0 bridgehead atoms. The second-order valence-electron chi connectivity index (χ2n) is 5.18. The Morgan fingerprint density at radius 3 is 2.90 bits per heavy atom. The molecule has 1 aliphatic rings. The number of methoxy groups -OCH3 is 1. The van der Waals surface area contributed by atoms with Gasteiger partial charge in [-0.25, -0.2) is 9.37 Å². The number of nitrogens with zero attached hydrogens (tertiary/aromatic N) is 1. The van der Waals surface area contributed by atoms with Gasteiger partial charge in [0.05, 0.1) is 12.8 Å². The van der Waals surface area contributed by atoms with E-state index in [0.717, 1.165) is 14.5 Å². The molecule has 2 aromatic rings. The lowest BCUT2D eigenvalue weighted by atomic mass is 9.76. The van der Waals surface area contributed by atoms with Crippen molar-refractivity contribution in [2.75, 3.05) is 7.11 Å². The first kappa shape index (κ1) is 14.7. The van der Waals surface area contributed by atoms with Crippen LogP contribution in [0.25, 0.3) is 0 Å². The van der Waals surface area contributed by atoms with Gasteiger partial charge in [-0.2, -0.15) is 0 Å². The van der Waals surface area contributed by atoms with E-state index in [9.17, 15) is 9.18 Å². The zero-order valence-corrected chi connectivity index (χ0v) is 14.0. The summed E-state index contributed by atoms with van der Waals surface area (Å²) in [7, 11) is 1.37. The van der Waals surface area contributed by atoms with Crippen LogP contribution in [-0.4, -0.2) is 18.1 Å². The maximum absolute atomic E-state index is 13.9. The Labute approximate surface area is 134 Å². The molecule has 1 aromatic carbocycles. The molecule has 0 N–H and O–H groups in total. The van der Waals surface area contributed by atoms with Gasteiger partial charge in [0.1, 0.15) is 11.2 Å². The number of fused-ring (bicyclic) bond motifs is 1. The van der Waals surface area contributed by atoms with Crippen molar-refractivity contribution in [3.63, 3.8) is 0 Å². The molecule has 0 amide bonds. The molecule has 0 unspecified atom stereocenters. The third-order valence-corrected chi connectivity index (χ3v) is 5.59. The molecule has 110 valence electrons. The van der Waals surface area contributed by atoms with E-state index in [4.69, 9.17) is 4.74 Å². The smallest absolute Gasteiger partial charge is 0.317 e. The fourth-order valence-corrected chi connectivity index (χ4v) is 4.73. The zero-order valence-electron chi connectivity index (χ0n) is 11.6. The summed E-state index contributed by atoms with van der Waals surface area (Å²) in [4.78, 5) is 17.9. The van der Waals surface area contributed by atoms with Gasteiger partial charge in [0.15, 0.2) is 3.92 Å². The van der Waals surface area contributed by atoms with E-state index >= 15 is 0 Å². The molecular weight excluding hydrogens is 357 g/mol. The van der Waals surface area contributed by atoms with Crippen molar-refractivity contribution >= 4 is 33.2 Å². The largest absolute Gasteiger partial charge is 0.468 e. The number of benzene rings is 1. The molecule has 1 aromatic heterocycles. The molecule has 1 heterocycles. The van der Waals surface area contributed by atoms with Gasteiger partial charge in [0.2, 0.25) is 0 Å². The first-order valence-electron chi connectivity index (χ1n) is 6.46. The number of ether oxygens (including phenoxy) is 1. The lowest BCUT2D eigenvalue weighted by Crippen LogP contribution is -2.39. The number of thiazole rings is 1. The fraction of sp³-hybridized carbons (Fsp3) is 0.333. The van der Waals surface area contributed by atoms with Crippen LogP contribution >= 0.6 is 27.3 Å². The summed E-state index contributed by atoms with van der Waals surface area (Å²) < 4.78 is 19.7. The highest BCUT2D eigenvalue weighted by Crippen LogP contribution is 2.45. The van der Waals surface area contributed by atoms with Crippen LogP contribution in [0.5, 0.6) is 0 Å². The van der Waals surface area contributed by atoms with Gasteiger partial charge in [-0.05, 0) is 40.0 Å². The minimum absolute atomic E-state index is 0.305. The predicted octanol–water partition coefficient (Wildman–Crippen LogP) is 3.56. The molecule has 0 saturated carbocycles. The summed E-state index contributed by atoms with van der Waals surface area (Å²) >= 11 is 4.88. The third-order valence-electron chi connectivity index (χ3n) is 4.04. The molecule has 1 atom stereocenters. The van der Waals surface area contributed by atoms with E-state index in [0.29, 0.717) is 24.0 Å². The average molecular weight is 370 g/mol. The Kier molecular flexibility index (Phi) is 3.61. The van der Waals surface area contributed by atoms with Crippen LogP contribution in [0.1, 0.15) is 21.7 Å². The first-order chi connectivity index (χ1) is 9.98. The second kappa shape index (κ2) is 5.18. The summed E-state index contributed by atoms with van der Waals surface area (Å²) in [6, 6.07) is 4.85. The van der Waals surface area contributed by atoms with Crippen LogP contribution in [0, 0.1) is 12.7 Å². The van der Waals surface area contributed by atoms with Gasteiger partial charge in [-0.3, -0.25) is 4.79 Å². The Bertz CT molecular complexity index is 705. The summed E-state index contributed by atoms with van der Waals surface area (Å²) in [6.45, 7) is 1.70. The molecule has 0 spiro atoms. The maximum Gasteiger partial charge on any atom is 0.317 e. The van der Waals surface area contributed by atoms with E-state index < -0.39 is 5.41 Å². The fourth-order valence-electron chi connectivity index (χ4n) is 3.02. The van der Waals surface area contributed by atoms with Gasteiger partial charge in [-0.1, -0.05) is 12.1 Å². The highest BCUT2D eigenvalue weighted by Gasteiger charge is 2.49. The first-order valence-corrected chi connectivity index (χ1v) is 8.07. The molecule has 6 heteroatoms. The highest BCUT2D eigenvalue weighted by molar-refractivity contribution is 9.11. The molecule has 0 radical (unpaired) electrons. The van der Waals surface area contributed by atoms with Crippen molar-refractivity contribution in [3.8, 4) is 0 Å². The van der Waals surface area contributed by atoms with Gasteiger partial charge in [0, 0.05) is 17.7 Å². The van der Waals surface area contributed by atoms with Gasteiger partial charge in [-0.15, -0.1) is 11.3 Å². The second-order valence-corrected chi connectivity index (χ2v) is 7.54. The van der Waals surface area contributed by atoms with E-state index in [1.807, 2.05) is 0 Å². The van der Waals surface area contributed by atoms with Crippen LogP contribution in [0.3, 0.4) is 0 Å². The molecule has 1 aliphatic carbocycles. The predicted molar refractivity (Wildman–Crippen MR) is 82.1 cm³/mol. The quantitative estimate of drug-likeness (QED) is 0.759. The molecule has 3 rings (SSSR count). The van der Waals surface area contributed by atoms with Crippen molar-refractivity contribution < 1.29 is 13.9 Å². The minimum Gasteiger partial charge on any atom is -0.468 e. The molecule has 0 fully saturated rings. The summed E-state index contributed by atoms with van der Waals surface area (Å²) in [5.41, 5.74) is 1.21. The number of rotatable bonds is 2. The van der Waals surface area contributed by atoms with Gasteiger partial charge < -0.3 is 4.74 Å². The molecule has 21 heavy (non-hydrogen) atoms. The number of hydrogen-bond donors (Lipinski definition) is 0. The number of esters is 1. The standard InChI is InChI=1S/C15H13BrFNO2S/c1-8-9(4-3-5-10(8)17)15(13(19)20-2)6-11-12(7-15)21-14(16)18-11/h3-5H,6-7H2,1-2H3/t15-/m0/s1. The maximum atomic E-state index is 13.9. The van der Waals surface area contributed by atoms with Crippen molar-refractivity contribution in [2.24, 2.45) is 0 Å². The molecular formula is C15H13BrFNO2S. The summed E-state index contributed by atoms with van der Waals surface area (Å²) in [5.74, 6) is -0.641. The topological polar surface area (TPSA) is 39.2 Å². The number of hydrogen-bond acceptors (Lipinski definition) is 4. The van der Waals surface area contributed by atoms with Crippen LogP contribution in [-0.2, 0) is 27.8 Å². The number of carbonyl (C=O) groups excluding carboxylic acids is 1. The third kappa shape index (κ3) is 2.21. The molecule has 0 saturated heterocycles. The lowest BCUT2D eigenvalue weighted by Gasteiger charge is -2.28. The normalized spacial score (nSPS) is 20.4. The Balaban J connectivity index is 2.14. The van der Waals surface area contributed by atoms with Crippen LogP contribution in [0.15, 0.2) is 22.1 Å². The number of halogens is 2. The van der Waals surface area contributed by atoms with Crippen LogP contribution in [0.4, 0.5) is 4.39 Å². The Hall–Kier alpha value is -1.27. The van der Waals surface area contributed by atoms with E-state index in [2.05, 4.69) is 20.9 Å². The SMILES string of the molecule is COC(=O)[C@@]1(c2cccc(F)c2C)Cc2nc(Br)sc2C1. The Morgan fingerprint density at radius 2 is 2.24 bits per heavy atom. The van der Waals surface area contributed by atoms with Crippen molar-refractivity contribution in [3.05, 3.63) is 49.6 Å². The Morgan fingerprint density at radius 1 is 1.48 bits per heavy atom. The van der Waals surface area contributed by atoms with Crippen molar-refractivity contribution in [1.82, 2.24) is 4.98 Å². The number of aromatic nitrogens is 1. The molecule has 3 nitrogen and oxygen atoms in total. The van der Waals surface area contributed by atoms with Crippen LogP contribution < -0.4 is 0 Å². The summed E-state index contributed by atoms with van der Waals surface area (Å²) in [5, 5.41) is 0. The average Bonchev–Trinajstić information content (AvgIpc) is 2.95. The monoisotopic (exact) mass is 369 g/mol. The van der Waals surface area contributed by atoms with E-state index in [-0.39, 0.29) is 11.8 Å². The zero-order chi connectivity index (χ0) is 15.2. The van der Waals surface area contributed by atoms with Gasteiger partial charge >= 0.3 is 5.97 Å². The minimum atomic E-state index is -0.865. The van der Waals surface area contributed by atoms with Crippen molar-refractivity contribution in [1.29, 1.82) is 0 Å².